The van der Waals surface area contributed by atoms with Crippen molar-refractivity contribution in [3.05, 3.63) is 48.7 Å². The van der Waals surface area contributed by atoms with E-state index < -0.39 is 0 Å². The molecule has 0 radical (unpaired) electrons. The van der Waals surface area contributed by atoms with Crippen LogP contribution < -0.4 is 5.32 Å². The van der Waals surface area contributed by atoms with Crippen LogP contribution in [0.2, 0.25) is 0 Å². The van der Waals surface area contributed by atoms with Gasteiger partial charge in [0.2, 0.25) is 5.95 Å². The summed E-state index contributed by atoms with van der Waals surface area (Å²) in [5.41, 5.74) is 3.09. The highest BCUT2D eigenvalue weighted by Gasteiger charge is 2.36. The second-order valence-corrected chi connectivity index (χ2v) is 7.87. The molecule has 0 saturated heterocycles. The SMILES string of the molecule is CCC1(Cc2nnc3cc(-c4ccnc(Nc5ccnn5C)n4)ccn23)CCC1. The number of fused-ring (bicyclic) bond motifs is 1. The van der Waals surface area contributed by atoms with Gasteiger partial charge in [-0.2, -0.15) is 5.10 Å². The topological polar surface area (TPSA) is 85.8 Å². The third-order valence-electron chi connectivity index (χ3n) is 6.19. The average molecular weight is 388 g/mol. The summed E-state index contributed by atoms with van der Waals surface area (Å²) >= 11 is 0. The Morgan fingerprint density at radius 1 is 1.14 bits per heavy atom. The normalized spacial score (nSPS) is 15.4. The number of rotatable bonds is 6. The molecule has 4 heterocycles. The van der Waals surface area contributed by atoms with E-state index in [9.17, 15) is 0 Å². The molecule has 1 N–H and O–H groups in total. The Morgan fingerprint density at radius 3 is 2.76 bits per heavy atom. The average Bonchev–Trinajstić information content (AvgIpc) is 3.30. The van der Waals surface area contributed by atoms with E-state index in [2.05, 4.69) is 54.2 Å². The molecule has 1 aliphatic carbocycles. The lowest BCUT2D eigenvalue weighted by Crippen LogP contribution is -2.31. The van der Waals surface area contributed by atoms with Crippen molar-refractivity contribution in [3.8, 4) is 11.3 Å². The van der Waals surface area contributed by atoms with Gasteiger partial charge in [-0.3, -0.25) is 9.08 Å². The van der Waals surface area contributed by atoms with Crippen LogP contribution >= 0.6 is 0 Å². The largest absolute Gasteiger partial charge is 0.309 e. The second kappa shape index (κ2) is 6.95. The first kappa shape index (κ1) is 17.8. The van der Waals surface area contributed by atoms with Crippen LogP contribution in [0.3, 0.4) is 0 Å². The van der Waals surface area contributed by atoms with Crippen LogP contribution in [0.5, 0.6) is 0 Å². The first-order valence-corrected chi connectivity index (χ1v) is 10.1. The maximum atomic E-state index is 4.65. The van der Waals surface area contributed by atoms with Gasteiger partial charge in [-0.1, -0.05) is 19.8 Å². The zero-order valence-electron chi connectivity index (χ0n) is 16.7. The summed E-state index contributed by atoms with van der Waals surface area (Å²) in [6.45, 7) is 2.28. The van der Waals surface area contributed by atoms with Gasteiger partial charge < -0.3 is 5.32 Å². The van der Waals surface area contributed by atoms with E-state index in [0.29, 0.717) is 11.4 Å². The number of hydrogen-bond acceptors (Lipinski definition) is 6. The summed E-state index contributed by atoms with van der Waals surface area (Å²) < 4.78 is 3.85. The molecule has 1 saturated carbocycles. The van der Waals surface area contributed by atoms with Gasteiger partial charge in [-0.25, -0.2) is 9.97 Å². The van der Waals surface area contributed by atoms with Crippen molar-refractivity contribution in [2.24, 2.45) is 12.5 Å². The van der Waals surface area contributed by atoms with Crippen LogP contribution in [0.25, 0.3) is 16.9 Å². The molecule has 0 aromatic carbocycles. The highest BCUT2D eigenvalue weighted by Crippen LogP contribution is 2.46. The monoisotopic (exact) mass is 388 g/mol. The van der Waals surface area contributed by atoms with E-state index in [-0.39, 0.29) is 0 Å². The minimum atomic E-state index is 0.417. The predicted molar refractivity (Wildman–Crippen MR) is 111 cm³/mol. The van der Waals surface area contributed by atoms with Crippen molar-refractivity contribution in [1.82, 2.24) is 34.3 Å². The molecule has 8 heteroatoms. The number of nitrogens with zero attached hydrogens (tertiary/aromatic N) is 7. The van der Waals surface area contributed by atoms with Gasteiger partial charge in [-0.05, 0) is 36.5 Å². The first-order chi connectivity index (χ1) is 14.2. The summed E-state index contributed by atoms with van der Waals surface area (Å²) in [6, 6.07) is 7.88. The third-order valence-corrected chi connectivity index (χ3v) is 6.19. The van der Waals surface area contributed by atoms with Crippen LogP contribution in [-0.2, 0) is 13.5 Å². The lowest BCUT2D eigenvalue weighted by atomic mass is 9.65. The summed E-state index contributed by atoms with van der Waals surface area (Å²) in [4.78, 5) is 8.96. The van der Waals surface area contributed by atoms with E-state index in [0.717, 1.165) is 35.0 Å². The van der Waals surface area contributed by atoms with Crippen molar-refractivity contribution >= 4 is 17.4 Å². The molecule has 1 aliphatic rings. The summed E-state index contributed by atoms with van der Waals surface area (Å²) in [5.74, 6) is 2.41. The number of aryl methyl sites for hydroxylation is 1. The van der Waals surface area contributed by atoms with Crippen LogP contribution in [0, 0.1) is 5.41 Å². The molecule has 0 amide bonds. The van der Waals surface area contributed by atoms with Crippen molar-refractivity contribution in [1.29, 1.82) is 0 Å². The van der Waals surface area contributed by atoms with Gasteiger partial charge >= 0.3 is 0 Å². The zero-order valence-corrected chi connectivity index (χ0v) is 16.7. The van der Waals surface area contributed by atoms with Gasteiger partial charge in [0.15, 0.2) is 5.65 Å². The third kappa shape index (κ3) is 3.24. The van der Waals surface area contributed by atoms with Gasteiger partial charge in [0.05, 0.1) is 11.9 Å². The van der Waals surface area contributed by atoms with Crippen LogP contribution in [0.1, 0.15) is 38.4 Å². The first-order valence-electron chi connectivity index (χ1n) is 10.1. The Hall–Kier alpha value is -3.29. The Morgan fingerprint density at radius 2 is 2.03 bits per heavy atom. The fourth-order valence-corrected chi connectivity index (χ4v) is 4.08. The molecule has 29 heavy (non-hydrogen) atoms. The number of pyridine rings is 1. The molecular weight excluding hydrogens is 364 g/mol. The van der Waals surface area contributed by atoms with Gasteiger partial charge in [0.25, 0.3) is 0 Å². The van der Waals surface area contributed by atoms with Gasteiger partial charge in [0, 0.05) is 37.5 Å². The number of hydrogen-bond donors (Lipinski definition) is 1. The molecule has 0 spiro atoms. The van der Waals surface area contributed by atoms with Crippen molar-refractivity contribution < 1.29 is 0 Å². The number of nitrogens with one attached hydrogen (secondary N) is 1. The zero-order chi connectivity index (χ0) is 19.8. The van der Waals surface area contributed by atoms with Crippen molar-refractivity contribution in [3.63, 3.8) is 0 Å². The van der Waals surface area contributed by atoms with E-state index >= 15 is 0 Å². The summed E-state index contributed by atoms with van der Waals surface area (Å²) in [5, 5.41) is 16.2. The lowest BCUT2D eigenvalue weighted by molar-refractivity contribution is 0.123. The highest BCUT2D eigenvalue weighted by molar-refractivity contribution is 5.65. The van der Waals surface area contributed by atoms with E-state index in [4.69, 9.17) is 0 Å². The predicted octanol–water partition coefficient (Wildman–Crippen LogP) is 3.79. The molecule has 4 aromatic heterocycles. The Balaban J connectivity index is 1.42. The second-order valence-electron chi connectivity index (χ2n) is 7.87. The number of anilines is 2. The smallest absolute Gasteiger partial charge is 0.228 e. The molecule has 0 unspecified atom stereocenters. The molecule has 0 aliphatic heterocycles. The molecule has 0 atom stereocenters. The minimum Gasteiger partial charge on any atom is -0.309 e. The summed E-state index contributed by atoms with van der Waals surface area (Å²) in [6.07, 6.45) is 11.7. The Kier molecular flexibility index (Phi) is 4.26. The standard InChI is InChI=1S/C21H24N8/c1-3-21(8-4-9-21)14-19-27-26-18-13-15(7-12-29(18)19)16-5-10-22-20(24-16)25-17-6-11-23-28(17)2/h5-7,10-13H,3-4,8-9,14H2,1-2H3,(H,22,24,25). The van der Waals surface area contributed by atoms with E-state index in [1.54, 1.807) is 17.1 Å². The van der Waals surface area contributed by atoms with Gasteiger partial charge in [-0.15, -0.1) is 10.2 Å². The fourth-order valence-electron chi connectivity index (χ4n) is 4.08. The van der Waals surface area contributed by atoms with Crippen molar-refractivity contribution in [2.75, 3.05) is 5.32 Å². The maximum Gasteiger partial charge on any atom is 0.228 e. The molecule has 0 bridgehead atoms. The molecule has 1 fully saturated rings. The fraction of sp³-hybridized carbons (Fsp3) is 0.381. The maximum absolute atomic E-state index is 4.65. The lowest BCUT2D eigenvalue weighted by Gasteiger charge is -2.40. The van der Waals surface area contributed by atoms with E-state index in [1.165, 1.54) is 25.7 Å². The Bertz CT molecular complexity index is 1150. The quantitative estimate of drug-likeness (QED) is 0.541. The van der Waals surface area contributed by atoms with E-state index in [1.807, 2.05) is 25.2 Å². The van der Waals surface area contributed by atoms with Crippen LogP contribution in [0.4, 0.5) is 11.8 Å². The van der Waals surface area contributed by atoms with Crippen LogP contribution in [-0.4, -0.2) is 34.3 Å². The summed E-state index contributed by atoms with van der Waals surface area (Å²) in [7, 11) is 1.87. The minimum absolute atomic E-state index is 0.417. The number of aromatic nitrogens is 7. The molecule has 8 nitrogen and oxygen atoms in total. The molecule has 4 aromatic rings. The van der Waals surface area contributed by atoms with Crippen LogP contribution in [0.15, 0.2) is 42.9 Å². The van der Waals surface area contributed by atoms with Crippen molar-refractivity contribution in [2.45, 2.75) is 39.0 Å². The Labute approximate surface area is 169 Å². The van der Waals surface area contributed by atoms with Gasteiger partial charge in [0.1, 0.15) is 11.6 Å². The molecule has 5 rings (SSSR count). The molecule has 148 valence electrons. The molecular formula is C21H24N8. The highest BCUT2D eigenvalue weighted by atomic mass is 15.3.